The molecular weight excluding hydrogens is 251 g/mol. The van der Waals surface area contributed by atoms with Crippen molar-refractivity contribution in [2.24, 2.45) is 0 Å². The molecule has 2 rings (SSSR count). The maximum absolute atomic E-state index is 12.8. The number of halogens is 3. The minimum atomic E-state index is -4.68. The van der Waals surface area contributed by atoms with E-state index in [1.165, 1.54) is 0 Å². The first kappa shape index (κ1) is 12.1. The topological polar surface area (TPSA) is 95.2 Å². The molecule has 0 saturated heterocycles. The molecule has 96 valence electrons. The third kappa shape index (κ3) is 1.92. The van der Waals surface area contributed by atoms with Crippen molar-refractivity contribution in [3.63, 3.8) is 0 Å². The minimum Gasteiger partial charge on any atom is -0.504 e. The molecule has 0 spiro atoms. The molecule has 1 aromatic heterocycles. The lowest BCUT2D eigenvalue weighted by Gasteiger charge is -2.13. The number of hydrogen-bond acceptors (Lipinski definition) is 4. The van der Waals surface area contributed by atoms with Gasteiger partial charge in [-0.1, -0.05) is 0 Å². The fraction of sp³-hybridized carbons (Fsp3) is 0.100. The number of nitrogens with two attached hydrogens (primary N) is 1. The number of rotatable bonds is 1. The van der Waals surface area contributed by atoms with Crippen LogP contribution in [0.25, 0.3) is 11.3 Å². The number of nitrogens with one attached hydrogen (secondary N) is 1. The zero-order valence-corrected chi connectivity index (χ0v) is 8.78. The smallest absolute Gasteiger partial charge is 0.417 e. The lowest BCUT2D eigenvalue weighted by atomic mass is 10.0. The molecule has 0 saturated carbocycles. The van der Waals surface area contributed by atoms with E-state index in [0.717, 1.165) is 12.1 Å². The Morgan fingerprint density at radius 3 is 2.39 bits per heavy atom. The molecule has 0 atom stereocenters. The van der Waals surface area contributed by atoms with Gasteiger partial charge < -0.3 is 15.9 Å². The molecule has 0 aliphatic rings. The second kappa shape index (κ2) is 3.83. The molecule has 0 fully saturated rings. The molecule has 1 aromatic carbocycles. The first-order valence-electron chi connectivity index (χ1n) is 4.74. The summed E-state index contributed by atoms with van der Waals surface area (Å²) in [5, 5.41) is 24.6. The normalized spacial score (nSPS) is 11.7. The number of nitrogen functional groups attached to an aromatic ring is 1. The summed E-state index contributed by atoms with van der Waals surface area (Å²) in [7, 11) is 0. The summed E-state index contributed by atoms with van der Waals surface area (Å²) in [4.78, 5) is 0. The van der Waals surface area contributed by atoms with Crippen molar-refractivity contribution in [3.8, 4) is 22.8 Å². The Bertz CT molecular complexity index is 593. The van der Waals surface area contributed by atoms with Crippen molar-refractivity contribution in [1.82, 2.24) is 10.2 Å². The number of aromatic amines is 1. The second-order valence-electron chi connectivity index (χ2n) is 3.56. The van der Waals surface area contributed by atoms with Crippen LogP contribution in [0.15, 0.2) is 18.2 Å². The number of anilines is 1. The van der Waals surface area contributed by atoms with Gasteiger partial charge >= 0.3 is 6.18 Å². The minimum absolute atomic E-state index is 0.0270. The highest BCUT2D eigenvalue weighted by atomic mass is 19.4. The second-order valence-corrected chi connectivity index (χ2v) is 3.56. The summed E-state index contributed by atoms with van der Waals surface area (Å²) in [6.45, 7) is 0. The molecule has 8 heteroatoms. The van der Waals surface area contributed by atoms with Gasteiger partial charge in [0.25, 0.3) is 0 Å². The Morgan fingerprint density at radius 1 is 1.22 bits per heavy atom. The zero-order valence-electron chi connectivity index (χ0n) is 8.78. The van der Waals surface area contributed by atoms with Gasteiger partial charge in [0, 0.05) is 6.07 Å². The van der Waals surface area contributed by atoms with Gasteiger partial charge in [-0.25, -0.2) is 0 Å². The summed E-state index contributed by atoms with van der Waals surface area (Å²) in [5.41, 5.74) is 3.48. The Hall–Kier alpha value is -2.38. The summed E-state index contributed by atoms with van der Waals surface area (Å²) < 4.78 is 38.4. The van der Waals surface area contributed by atoms with Crippen LogP contribution in [-0.4, -0.2) is 20.4 Å². The number of phenolic OH excluding ortho intramolecular Hbond substituents is 2. The van der Waals surface area contributed by atoms with Crippen LogP contribution >= 0.6 is 0 Å². The maximum atomic E-state index is 12.8. The largest absolute Gasteiger partial charge is 0.504 e. The molecular formula is C10H8F3N3O2. The monoisotopic (exact) mass is 259 g/mol. The van der Waals surface area contributed by atoms with E-state index in [1.807, 2.05) is 0 Å². The third-order valence-corrected chi connectivity index (χ3v) is 2.33. The molecule has 1 heterocycles. The standard InChI is InChI=1S/C10H8F3N3O2/c11-10(12,13)4-1-2-6(17)9(18)8(4)5-3-7(14)16-15-5/h1-3,17-18H,(H3,14,15,16). The maximum Gasteiger partial charge on any atom is 0.417 e. The number of benzene rings is 1. The average molecular weight is 259 g/mol. The van der Waals surface area contributed by atoms with Gasteiger partial charge in [0.2, 0.25) is 0 Å². The predicted molar refractivity (Wildman–Crippen MR) is 56.8 cm³/mol. The molecule has 5 nitrogen and oxygen atoms in total. The van der Waals surface area contributed by atoms with Crippen molar-refractivity contribution in [3.05, 3.63) is 23.8 Å². The SMILES string of the molecule is Nc1cc(-c2c(C(F)(F)F)ccc(O)c2O)[nH]n1. The third-order valence-electron chi connectivity index (χ3n) is 2.33. The van der Waals surface area contributed by atoms with E-state index >= 15 is 0 Å². The summed E-state index contributed by atoms with van der Waals surface area (Å²) in [6, 6.07) is 2.56. The van der Waals surface area contributed by atoms with Crippen molar-refractivity contribution in [1.29, 1.82) is 0 Å². The van der Waals surface area contributed by atoms with Crippen LogP contribution in [0.3, 0.4) is 0 Å². The Morgan fingerprint density at radius 2 is 1.89 bits per heavy atom. The number of H-pyrrole nitrogens is 1. The number of hydrogen-bond donors (Lipinski definition) is 4. The molecule has 2 aromatic rings. The Balaban J connectivity index is 2.74. The van der Waals surface area contributed by atoms with Crippen molar-refractivity contribution < 1.29 is 23.4 Å². The Kier molecular flexibility index (Phi) is 2.57. The average Bonchev–Trinajstić information content (AvgIpc) is 2.66. The molecule has 0 amide bonds. The van der Waals surface area contributed by atoms with Gasteiger partial charge in [-0.15, -0.1) is 0 Å². The first-order valence-corrected chi connectivity index (χ1v) is 4.74. The van der Waals surface area contributed by atoms with Gasteiger partial charge in [-0.3, -0.25) is 5.10 Å². The van der Waals surface area contributed by atoms with E-state index < -0.39 is 28.8 Å². The van der Waals surface area contributed by atoms with E-state index in [2.05, 4.69) is 10.2 Å². The lowest BCUT2D eigenvalue weighted by molar-refractivity contribution is -0.137. The van der Waals surface area contributed by atoms with Gasteiger partial charge in [0.15, 0.2) is 11.5 Å². The van der Waals surface area contributed by atoms with Crippen molar-refractivity contribution >= 4 is 5.82 Å². The van der Waals surface area contributed by atoms with Crippen molar-refractivity contribution in [2.75, 3.05) is 5.73 Å². The molecule has 0 aliphatic heterocycles. The van der Waals surface area contributed by atoms with Gasteiger partial charge in [-0.05, 0) is 12.1 Å². The predicted octanol–water partition coefficient (Wildman–Crippen LogP) is 2.09. The first-order chi connectivity index (χ1) is 8.30. The van der Waals surface area contributed by atoms with E-state index in [9.17, 15) is 23.4 Å². The van der Waals surface area contributed by atoms with E-state index in [1.54, 1.807) is 0 Å². The Labute approximate surface area is 98.7 Å². The fourth-order valence-corrected chi connectivity index (χ4v) is 1.55. The molecule has 0 aliphatic carbocycles. The fourth-order valence-electron chi connectivity index (χ4n) is 1.55. The van der Waals surface area contributed by atoms with Gasteiger partial charge in [-0.2, -0.15) is 18.3 Å². The number of phenols is 2. The summed E-state index contributed by atoms with van der Waals surface area (Å²) >= 11 is 0. The number of aromatic hydroxyl groups is 2. The van der Waals surface area contributed by atoms with E-state index in [4.69, 9.17) is 5.73 Å². The van der Waals surface area contributed by atoms with E-state index in [-0.39, 0.29) is 11.5 Å². The summed E-state index contributed by atoms with van der Waals surface area (Å²) in [6.07, 6.45) is -4.68. The highest BCUT2D eigenvalue weighted by molar-refractivity contribution is 5.75. The quantitative estimate of drug-likeness (QED) is 0.590. The number of nitrogens with zero attached hydrogens (tertiary/aromatic N) is 1. The molecule has 0 bridgehead atoms. The molecule has 0 unspecified atom stereocenters. The summed E-state index contributed by atoms with van der Waals surface area (Å²) in [5.74, 6) is -1.57. The van der Waals surface area contributed by atoms with Crippen LogP contribution in [-0.2, 0) is 6.18 Å². The highest BCUT2D eigenvalue weighted by Crippen LogP contribution is 2.45. The van der Waals surface area contributed by atoms with Crippen LogP contribution in [0, 0.1) is 0 Å². The van der Waals surface area contributed by atoms with Crippen LogP contribution in [0.2, 0.25) is 0 Å². The molecule has 5 N–H and O–H groups in total. The lowest BCUT2D eigenvalue weighted by Crippen LogP contribution is -2.07. The van der Waals surface area contributed by atoms with Gasteiger partial charge in [0.1, 0.15) is 5.82 Å². The molecule has 18 heavy (non-hydrogen) atoms. The highest BCUT2D eigenvalue weighted by Gasteiger charge is 2.36. The van der Waals surface area contributed by atoms with Crippen LogP contribution < -0.4 is 5.73 Å². The van der Waals surface area contributed by atoms with Crippen LogP contribution in [0.4, 0.5) is 19.0 Å². The van der Waals surface area contributed by atoms with Crippen LogP contribution in [0.5, 0.6) is 11.5 Å². The van der Waals surface area contributed by atoms with E-state index in [0.29, 0.717) is 6.07 Å². The zero-order chi connectivity index (χ0) is 13.5. The number of aromatic nitrogens is 2. The molecule has 0 radical (unpaired) electrons. The van der Waals surface area contributed by atoms with Crippen LogP contribution in [0.1, 0.15) is 5.56 Å². The van der Waals surface area contributed by atoms with Crippen molar-refractivity contribution in [2.45, 2.75) is 6.18 Å². The van der Waals surface area contributed by atoms with Gasteiger partial charge in [0.05, 0.1) is 16.8 Å². The number of alkyl halides is 3.